The summed E-state index contributed by atoms with van der Waals surface area (Å²) in [5, 5.41) is 4.55. The molecule has 1 aliphatic rings. The van der Waals surface area contributed by atoms with E-state index in [1.54, 1.807) is 0 Å². The molecule has 0 fully saturated rings. The van der Waals surface area contributed by atoms with Crippen molar-refractivity contribution in [1.82, 2.24) is 0 Å². The van der Waals surface area contributed by atoms with E-state index >= 15 is 0 Å². The number of benzene rings is 7. The van der Waals surface area contributed by atoms with Gasteiger partial charge in [0.2, 0.25) is 0 Å². The number of hydrogen-bond donors (Lipinski definition) is 0. The maximum absolute atomic E-state index is 7.09. The summed E-state index contributed by atoms with van der Waals surface area (Å²) in [7, 11) is 0. The molecule has 7 aromatic rings. The van der Waals surface area contributed by atoms with Crippen molar-refractivity contribution in [2.45, 2.75) is 19.4 Å². The highest BCUT2D eigenvalue weighted by molar-refractivity contribution is 6.40. The zero-order chi connectivity index (χ0) is 31.8. The van der Waals surface area contributed by atoms with Crippen molar-refractivity contribution < 1.29 is 11.4 Å². The SMILES string of the molecule is CC(C)(C#Cc1ccccc1)[O][Al]1[O]c2ccccc2-c2cc3ccccc3c(-c3c(-c4ccccc4)ccc4ccccc34)c2[O]1. The van der Waals surface area contributed by atoms with Gasteiger partial charge in [-0.25, -0.2) is 0 Å². The van der Waals surface area contributed by atoms with E-state index in [-0.39, 0.29) is 0 Å². The molecule has 1 heterocycles. The lowest BCUT2D eigenvalue weighted by molar-refractivity contribution is 0.106. The highest BCUT2D eigenvalue weighted by atomic mass is 27.3. The minimum Gasteiger partial charge on any atom is -0.588 e. The Labute approximate surface area is 280 Å². The van der Waals surface area contributed by atoms with Gasteiger partial charge in [-0.15, -0.1) is 0 Å². The molecular weight excluding hydrogens is 591 g/mol. The first-order valence-corrected chi connectivity index (χ1v) is 17.3. The van der Waals surface area contributed by atoms with Crippen molar-refractivity contribution in [2.75, 3.05) is 0 Å². The van der Waals surface area contributed by atoms with Gasteiger partial charge in [0.15, 0.2) is 0 Å². The van der Waals surface area contributed by atoms with Crippen LogP contribution in [0.1, 0.15) is 19.4 Å². The van der Waals surface area contributed by atoms with E-state index in [4.69, 9.17) is 11.4 Å². The Morgan fingerprint density at radius 3 is 1.98 bits per heavy atom. The fourth-order valence-corrected chi connectivity index (χ4v) is 7.91. The van der Waals surface area contributed by atoms with Crippen molar-refractivity contribution in [3.05, 3.63) is 157 Å². The summed E-state index contributed by atoms with van der Waals surface area (Å²) >= 11 is -2.88. The zero-order valence-corrected chi connectivity index (χ0v) is 27.4. The topological polar surface area (TPSA) is 27.7 Å². The van der Waals surface area contributed by atoms with E-state index in [0.717, 1.165) is 72.0 Å². The Hall–Kier alpha value is -5.29. The molecule has 0 unspecified atom stereocenters. The third-order valence-electron chi connectivity index (χ3n) is 8.55. The summed E-state index contributed by atoms with van der Waals surface area (Å²) in [5.74, 6) is 8.11. The van der Waals surface area contributed by atoms with Crippen LogP contribution in [0.3, 0.4) is 0 Å². The molecule has 8 rings (SSSR count). The lowest BCUT2D eigenvalue weighted by Gasteiger charge is -2.25. The van der Waals surface area contributed by atoms with Gasteiger partial charge in [-0.2, -0.15) is 0 Å². The summed E-state index contributed by atoms with van der Waals surface area (Å²) < 4.78 is 20.5. The molecule has 0 radical (unpaired) electrons. The Kier molecular flexibility index (Phi) is 7.53. The van der Waals surface area contributed by atoms with Crippen molar-refractivity contribution in [3.8, 4) is 56.7 Å². The second-order valence-corrected chi connectivity index (χ2v) is 13.5. The lowest BCUT2D eigenvalue weighted by Crippen LogP contribution is -2.41. The van der Waals surface area contributed by atoms with Crippen LogP contribution in [-0.2, 0) is 3.79 Å². The van der Waals surface area contributed by atoms with Crippen LogP contribution in [0, 0.1) is 11.8 Å². The van der Waals surface area contributed by atoms with Crippen LogP contribution in [-0.4, -0.2) is 20.8 Å². The molecule has 0 saturated carbocycles. The largest absolute Gasteiger partial charge is 1.10 e. The van der Waals surface area contributed by atoms with Crippen LogP contribution in [0.2, 0.25) is 0 Å². The third-order valence-corrected chi connectivity index (χ3v) is 10.2. The number of rotatable bonds is 4. The standard InChI is InChI=1S/C32H22O2.C11H11O.Al/c33-29-17-9-8-16-27(29)28-20-23-13-5-7-15-25(23)31(32(28)34)30-24-14-6-4-12-22(24)18-19-26(30)21-10-2-1-3-11-21;1-11(2,12)9-8-10-6-4-3-5-7-10;/h1-20,33-34H;3-7H,1-2H3;/q;-1;+3/p-2. The van der Waals surface area contributed by atoms with Crippen molar-refractivity contribution in [1.29, 1.82) is 0 Å². The van der Waals surface area contributed by atoms with Crippen LogP contribution in [0.15, 0.2) is 152 Å². The zero-order valence-electron chi connectivity index (χ0n) is 26.2. The van der Waals surface area contributed by atoms with Crippen molar-refractivity contribution in [3.63, 3.8) is 0 Å². The Morgan fingerprint density at radius 1 is 0.553 bits per heavy atom. The van der Waals surface area contributed by atoms with E-state index in [0.29, 0.717) is 0 Å². The van der Waals surface area contributed by atoms with Gasteiger partial charge < -0.3 is 11.4 Å². The minimum atomic E-state index is -2.88. The molecule has 0 amide bonds. The van der Waals surface area contributed by atoms with Crippen molar-refractivity contribution in [2.24, 2.45) is 0 Å². The van der Waals surface area contributed by atoms with Crippen LogP contribution < -0.4 is 7.58 Å². The molecule has 7 aromatic carbocycles. The van der Waals surface area contributed by atoms with Gasteiger partial charge in [0.25, 0.3) is 0 Å². The van der Waals surface area contributed by atoms with Gasteiger partial charge in [-0.05, 0) is 70.8 Å². The molecule has 47 heavy (non-hydrogen) atoms. The molecule has 0 spiro atoms. The van der Waals surface area contributed by atoms with Gasteiger partial charge in [-0.1, -0.05) is 139 Å². The molecule has 0 saturated heterocycles. The Bertz CT molecular complexity index is 2320. The summed E-state index contributed by atoms with van der Waals surface area (Å²) in [6.45, 7) is 3.94. The minimum absolute atomic E-state index is 0.747. The van der Waals surface area contributed by atoms with E-state index < -0.39 is 20.8 Å². The predicted octanol–water partition coefficient (Wildman–Crippen LogP) is 10.6. The smallest absolute Gasteiger partial charge is 0.588 e. The molecule has 0 aromatic heterocycles. The predicted molar refractivity (Wildman–Crippen MR) is 193 cm³/mol. The Morgan fingerprint density at radius 2 is 1.19 bits per heavy atom. The third kappa shape index (κ3) is 5.67. The second-order valence-electron chi connectivity index (χ2n) is 12.2. The molecule has 3 nitrogen and oxygen atoms in total. The van der Waals surface area contributed by atoms with Gasteiger partial charge >= 0.3 is 15.1 Å². The van der Waals surface area contributed by atoms with Crippen LogP contribution in [0.4, 0.5) is 0 Å². The van der Waals surface area contributed by atoms with Gasteiger partial charge in [0.05, 0.1) is 5.75 Å². The number of hydrogen-bond acceptors (Lipinski definition) is 3. The quantitative estimate of drug-likeness (QED) is 0.144. The maximum Gasteiger partial charge on any atom is 1.10 e. The summed E-state index contributed by atoms with van der Waals surface area (Å²) in [5.41, 5.74) is 6.50. The van der Waals surface area contributed by atoms with Gasteiger partial charge in [0.1, 0.15) is 11.4 Å². The monoisotopic (exact) mass is 622 g/mol. The van der Waals surface area contributed by atoms with E-state index in [1.807, 2.05) is 62.4 Å². The molecule has 4 heteroatoms. The molecule has 0 N–H and O–H groups in total. The maximum atomic E-state index is 7.09. The molecule has 224 valence electrons. The van der Waals surface area contributed by atoms with Crippen LogP contribution in [0.5, 0.6) is 11.5 Å². The van der Waals surface area contributed by atoms with Gasteiger partial charge in [0, 0.05) is 27.8 Å². The van der Waals surface area contributed by atoms with Crippen molar-refractivity contribution >= 4 is 36.7 Å². The fourth-order valence-electron chi connectivity index (χ4n) is 6.38. The first kappa shape index (κ1) is 29.1. The molecular formula is C43H31AlO3. The lowest BCUT2D eigenvalue weighted by atomic mass is 9.85. The highest BCUT2D eigenvalue weighted by Gasteiger charge is 2.48. The first-order chi connectivity index (χ1) is 23.0. The molecule has 1 aliphatic heterocycles. The molecule has 0 aliphatic carbocycles. The number of fused-ring (bicyclic) bond motifs is 5. The molecule has 0 atom stereocenters. The normalized spacial score (nSPS) is 12.3. The van der Waals surface area contributed by atoms with Crippen LogP contribution >= 0.6 is 0 Å². The van der Waals surface area contributed by atoms with E-state index in [9.17, 15) is 0 Å². The summed E-state index contributed by atoms with van der Waals surface area (Å²) in [6, 6.07) is 52.5. The van der Waals surface area contributed by atoms with E-state index in [2.05, 4.69) is 115 Å². The molecule has 0 bridgehead atoms. The van der Waals surface area contributed by atoms with E-state index in [1.165, 1.54) is 0 Å². The first-order valence-electron chi connectivity index (χ1n) is 15.9. The second kappa shape index (κ2) is 12.1. The highest BCUT2D eigenvalue weighted by Crippen LogP contribution is 2.52. The van der Waals surface area contributed by atoms with Gasteiger partial charge in [-0.3, -0.25) is 0 Å². The summed E-state index contributed by atoms with van der Waals surface area (Å²) in [4.78, 5) is 0. The summed E-state index contributed by atoms with van der Waals surface area (Å²) in [6.07, 6.45) is 0. The average Bonchev–Trinajstić information content (AvgIpc) is 3.26. The number of para-hydroxylation sites is 1. The average molecular weight is 623 g/mol. The Balaban J connectivity index is 1.39. The van der Waals surface area contributed by atoms with Crippen LogP contribution in [0.25, 0.3) is 54.9 Å². The fraction of sp³-hybridized carbons (Fsp3) is 0.0698.